The fraction of sp³-hybridized carbons (Fsp3) is 0.500. The maximum Gasteiger partial charge on any atom is 0.323 e. The summed E-state index contributed by atoms with van der Waals surface area (Å²) in [4.78, 5) is 14.6. The van der Waals surface area contributed by atoms with E-state index in [2.05, 4.69) is 14.7 Å². The lowest BCUT2D eigenvalue weighted by atomic mass is 10.2. The van der Waals surface area contributed by atoms with Crippen LogP contribution in [0.1, 0.15) is 36.3 Å². The molecule has 0 atom stereocenters. The van der Waals surface area contributed by atoms with Crippen molar-refractivity contribution >= 4 is 5.91 Å². The summed E-state index contributed by atoms with van der Waals surface area (Å²) in [5, 5.41) is 3.58. The maximum atomic E-state index is 10.8. The van der Waals surface area contributed by atoms with E-state index in [1.807, 2.05) is 19.3 Å². The van der Waals surface area contributed by atoms with Gasteiger partial charge in [-0.25, -0.2) is 5.84 Å². The molecule has 0 saturated heterocycles. The van der Waals surface area contributed by atoms with Gasteiger partial charge in [-0.15, -0.1) is 0 Å². The third-order valence-electron chi connectivity index (χ3n) is 1.28. The van der Waals surface area contributed by atoms with Gasteiger partial charge in [0.1, 0.15) is 0 Å². The van der Waals surface area contributed by atoms with Crippen LogP contribution in [0.25, 0.3) is 0 Å². The van der Waals surface area contributed by atoms with E-state index in [0.717, 1.165) is 0 Å². The molecular weight excluding hydrogens is 160 g/mol. The van der Waals surface area contributed by atoms with Crippen molar-refractivity contribution in [2.45, 2.75) is 19.8 Å². The summed E-state index contributed by atoms with van der Waals surface area (Å²) in [6.07, 6.45) is 0. The van der Waals surface area contributed by atoms with E-state index in [0.29, 0.717) is 5.82 Å². The quantitative estimate of drug-likeness (QED) is 0.364. The first-order valence-electron chi connectivity index (χ1n) is 3.49. The average molecular weight is 170 g/mol. The fourth-order valence-corrected chi connectivity index (χ4v) is 0.623. The Morgan fingerprint density at radius 3 is 2.75 bits per heavy atom. The molecule has 3 N–H and O–H groups in total. The molecule has 6 heteroatoms. The number of hydrogen-bond donors (Lipinski definition) is 2. The number of nitrogens with two attached hydrogens (primary N) is 1. The number of nitrogen functional groups attached to an aromatic ring is 1. The van der Waals surface area contributed by atoms with Crippen molar-refractivity contribution in [1.82, 2.24) is 15.6 Å². The highest BCUT2D eigenvalue weighted by Gasteiger charge is 2.14. The van der Waals surface area contributed by atoms with Crippen molar-refractivity contribution in [1.29, 1.82) is 0 Å². The summed E-state index contributed by atoms with van der Waals surface area (Å²) in [5.74, 6) is 4.80. The largest absolute Gasteiger partial charge is 0.328 e. The Labute approximate surface area is 69.1 Å². The highest BCUT2D eigenvalue weighted by atomic mass is 16.5. The minimum Gasteiger partial charge on any atom is -0.328 e. The Kier molecular flexibility index (Phi) is 2.39. The van der Waals surface area contributed by atoms with E-state index in [9.17, 15) is 4.79 Å². The van der Waals surface area contributed by atoms with E-state index in [1.54, 1.807) is 0 Å². The molecule has 0 bridgehead atoms. The number of carbonyl (C=O) groups excluding carboxylic acids is 1. The van der Waals surface area contributed by atoms with Gasteiger partial charge in [-0.05, 0) is 0 Å². The molecular formula is C6H10N4O2. The van der Waals surface area contributed by atoms with Gasteiger partial charge in [-0.2, -0.15) is 4.98 Å². The van der Waals surface area contributed by atoms with Crippen LogP contribution >= 0.6 is 0 Å². The second-order valence-corrected chi connectivity index (χ2v) is 2.59. The van der Waals surface area contributed by atoms with Crippen molar-refractivity contribution in [3.63, 3.8) is 0 Å². The van der Waals surface area contributed by atoms with E-state index >= 15 is 0 Å². The Hall–Kier alpha value is -1.43. The summed E-state index contributed by atoms with van der Waals surface area (Å²) in [6.45, 7) is 3.80. The van der Waals surface area contributed by atoms with Crippen molar-refractivity contribution in [2.24, 2.45) is 5.84 Å². The Balaban J connectivity index is 2.84. The van der Waals surface area contributed by atoms with Gasteiger partial charge in [0, 0.05) is 5.92 Å². The van der Waals surface area contributed by atoms with E-state index < -0.39 is 5.91 Å². The van der Waals surface area contributed by atoms with Crippen LogP contribution < -0.4 is 11.3 Å². The van der Waals surface area contributed by atoms with Crippen LogP contribution in [-0.2, 0) is 0 Å². The van der Waals surface area contributed by atoms with Gasteiger partial charge < -0.3 is 4.52 Å². The predicted octanol–water partition coefficient (Wildman–Crippen LogP) is -0.203. The van der Waals surface area contributed by atoms with E-state index in [1.165, 1.54) is 0 Å². The number of nitrogens with zero attached hydrogens (tertiary/aromatic N) is 2. The molecule has 66 valence electrons. The van der Waals surface area contributed by atoms with Gasteiger partial charge in [-0.1, -0.05) is 19.0 Å². The van der Waals surface area contributed by atoms with Crippen molar-refractivity contribution < 1.29 is 9.32 Å². The molecule has 0 spiro atoms. The number of amides is 1. The standard InChI is InChI=1S/C6H10N4O2/c1-3(2)4-8-6(12-10-4)5(11)9-7/h3H,7H2,1-2H3,(H,9,11). The number of rotatable bonds is 2. The van der Waals surface area contributed by atoms with Gasteiger partial charge in [-0.3, -0.25) is 10.2 Å². The van der Waals surface area contributed by atoms with Crippen LogP contribution in [0.2, 0.25) is 0 Å². The molecule has 1 heterocycles. The predicted molar refractivity (Wildman–Crippen MR) is 40.0 cm³/mol. The summed E-state index contributed by atoms with van der Waals surface area (Å²) >= 11 is 0. The van der Waals surface area contributed by atoms with Crippen LogP contribution in [0.4, 0.5) is 0 Å². The topological polar surface area (TPSA) is 94.0 Å². The molecule has 1 aromatic heterocycles. The number of aromatic nitrogens is 2. The smallest absolute Gasteiger partial charge is 0.323 e. The van der Waals surface area contributed by atoms with Crippen LogP contribution in [0.15, 0.2) is 4.52 Å². The monoisotopic (exact) mass is 170 g/mol. The molecule has 12 heavy (non-hydrogen) atoms. The van der Waals surface area contributed by atoms with E-state index in [4.69, 9.17) is 5.84 Å². The first-order chi connectivity index (χ1) is 5.65. The fourth-order valence-electron chi connectivity index (χ4n) is 0.623. The lowest BCUT2D eigenvalue weighted by molar-refractivity contribution is 0.0910. The van der Waals surface area contributed by atoms with Crippen molar-refractivity contribution in [2.75, 3.05) is 0 Å². The highest BCUT2D eigenvalue weighted by molar-refractivity contribution is 5.88. The molecule has 0 aliphatic heterocycles. The summed E-state index contributed by atoms with van der Waals surface area (Å²) in [5.41, 5.74) is 1.90. The second-order valence-electron chi connectivity index (χ2n) is 2.59. The SMILES string of the molecule is CC(C)c1noc(C(=O)NN)n1. The third-order valence-corrected chi connectivity index (χ3v) is 1.28. The minimum absolute atomic E-state index is 0.110. The van der Waals surface area contributed by atoms with Crippen LogP contribution in [0.3, 0.4) is 0 Å². The summed E-state index contributed by atoms with van der Waals surface area (Å²) in [6, 6.07) is 0. The third kappa shape index (κ3) is 1.59. The molecule has 1 aromatic rings. The zero-order chi connectivity index (χ0) is 9.14. The van der Waals surface area contributed by atoms with Crippen molar-refractivity contribution in [3.8, 4) is 0 Å². The van der Waals surface area contributed by atoms with Crippen LogP contribution in [0, 0.1) is 0 Å². The zero-order valence-corrected chi connectivity index (χ0v) is 6.87. The van der Waals surface area contributed by atoms with Gasteiger partial charge in [0.2, 0.25) is 0 Å². The second kappa shape index (κ2) is 3.31. The summed E-state index contributed by atoms with van der Waals surface area (Å²) in [7, 11) is 0. The molecule has 0 saturated carbocycles. The molecule has 0 unspecified atom stereocenters. The maximum absolute atomic E-state index is 10.8. The highest BCUT2D eigenvalue weighted by Crippen LogP contribution is 2.08. The number of hydrazine groups is 1. The Morgan fingerprint density at radius 2 is 2.33 bits per heavy atom. The van der Waals surface area contributed by atoms with Crippen LogP contribution in [0.5, 0.6) is 0 Å². The van der Waals surface area contributed by atoms with Gasteiger partial charge in [0.15, 0.2) is 5.82 Å². The minimum atomic E-state index is -0.575. The first kappa shape index (κ1) is 8.66. The lowest BCUT2D eigenvalue weighted by Crippen LogP contribution is -2.30. The van der Waals surface area contributed by atoms with Gasteiger partial charge in [0.25, 0.3) is 0 Å². The first-order valence-corrected chi connectivity index (χ1v) is 3.49. The molecule has 0 aliphatic carbocycles. The molecule has 0 aromatic carbocycles. The van der Waals surface area contributed by atoms with Gasteiger partial charge in [0.05, 0.1) is 0 Å². The van der Waals surface area contributed by atoms with Gasteiger partial charge >= 0.3 is 11.8 Å². The van der Waals surface area contributed by atoms with Crippen molar-refractivity contribution in [3.05, 3.63) is 11.7 Å². The van der Waals surface area contributed by atoms with Crippen LogP contribution in [-0.4, -0.2) is 16.0 Å². The average Bonchev–Trinajstić information content (AvgIpc) is 2.51. The molecule has 0 aliphatic rings. The molecule has 6 nitrogen and oxygen atoms in total. The Bertz CT molecular complexity index is 281. The normalized spacial score (nSPS) is 10.3. The molecule has 1 rings (SSSR count). The molecule has 0 radical (unpaired) electrons. The molecule has 0 fully saturated rings. The van der Waals surface area contributed by atoms with E-state index in [-0.39, 0.29) is 11.8 Å². The number of hydrogen-bond acceptors (Lipinski definition) is 5. The molecule has 1 amide bonds. The lowest BCUT2D eigenvalue weighted by Gasteiger charge is -1.92. The summed E-state index contributed by atoms with van der Waals surface area (Å²) < 4.78 is 4.63. The zero-order valence-electron chi connectivity index (χ0n) is 6.87. The Morgan fingerprint density at radius 1 is 1.67 bits per heavy atom. The number of carbonyl (C=O) groups is 1. The number of nitrogens with one attached hydrogen (secondary N) is 1.